The molecule has 0 aliphatic heterocycles. The highest BCUT2D eigenvalue weighted by Crippen LogP contribution is 2.37. The molecular formula is C12H22O3Si. The average Bonchev–Trinajstić information content (AvgIpc) is 2.65. The quantitative estimate of drug-likeness (QED) is 0.823. The molecule has 1 heterocycles. The van der Waals surface area contributed by atoms with Gasteiger partial charge in [0, 0.05) is 0 Å². The Bertz CT molecular complexity index is 312. The van der Waals surface area contributed by atoms with E-state index in [1.807, 2.05) is 0 Å². The summed E-state index contributed by atoms with van der Waals surface area (Å²) in [7, 11) is -1.78. The van der Waals surface area contributed by atoms with Crippen LogP contribution < -0.4 is 0 Å². The fourth-order valence-corrected chi connectivity index (χ4v) is 2.07. The lowest BCUT2D eigenvalue weighted by molar-refractivity contribution is 0.0821. The molecule has 0 aromatic carbocycles. The van der Waals surface area contributed by atoms with E-state index >= 15 is 0 Å². The molecule has 1 unspecified atom stereocenters. The molecule has 1 aromatic heterocycles. The molecule has 0 fully saturated rings. The van der Waals surface area contributed by atoms with Gasteiger partial charge in [-0.25, -0.2) is 0 Å². The number of aliphatic hydroxyl groups is 1. The highest BCUT2D eigenvalue weighted by Gasteiger charge is 2.37. The lowest BCUT2D eigenvalue weighted by Gasteiger charge is -2.36. The molecule has 0 saturated carbocycles. The normalized spacial score (nSPS) is 15.1. The Balaban J connectivity index is 2.52. The number of aliphatic hydroxyl groups excluding tert-OH is 1. The van der Waals surface area contributed by atoms with Crippen LogP contribution in [0, 0.1) is 0 Å². The highest BCUT2D eigenvalue weighted by atomic mass is 28.4. The van der Waals surface area contributed by atoms with Crippen molar-refractivity contribution in [2.24, 2.45) is 0 Å². The molecule has 0 bridgehead atoms. The van der Waals surface area contributed by atoms with Gasteiger partial charge in [0.05, 0.1) is 12.9 Å². The van der Waals surface area contributed by atoms with E-state index in [-0.39, 0.29) is 5.04 Å². The van der Waals surface area contributed by atoms with Crippen LogP contribution in [0.4, 0.5) is 0 Å². The zero-order chi connectivity index (χ0) is 12.4. The van der Waals surface area contributed by atoms with Gasteiger partial charge in [0.2, 0.25) is 0 Å². The van der Waals surface area contributed by atoms with Crippen LogP contribution in [0.2, 0.25) is 18.1 Å². The maximum absolute atomic E-state index is 9.84. The van der Waals surface area contributed by atoms with E-state index in [0.717, 1.165) is 0 Å². The van der Waals surface area contributed by atoms with E-state index in [9.17, 15) is 5.11 Å². The molecule has 0 radical (unpaired) electrons. The van der Waals surface area contributed by atoms with Crippen LogP contribution in [0.15, 0.2) is 22.8 Å². The van der Waals surface area contributed by atoms with Crippen LogP contribution in [-0.2, 0) is 4.43 Å². The van der Waals surface area contributed by atoms with Crippen LogP contribution in [-0.4, -0.2) is 20.0 Å². The Hall–Kier alpha value is -0.583. The molecule has 4 heteroatoms. The topological polar surface area (TPSA) is 42.6 Å². The van der Waals surface area contributed by atoms with Gasteiger partial charge < -0.3 is 13.9 Å². The van der Waals surface area contributed by atoms with Crippen LogP contribution in [0.25, 0.3) is 0 Å². The standard InChI is InChI=1S/C12H22O3Si/c1-12(2,3)16(4,5)15-9-10(13)11-7-6-8-14-11/h6-8,10,13H,9H2,1-5H3. The van der Waals surface area contributed by atoms with Crippen LogP contribution in [0.5, 0.6) is 0 Å². The Morgan fingerprint density at radius 2 is 2.06 bits per heavy atom. The Labute approximate surface area is 98.6 Å². The lowest BCUT2D eigenvalue weighted by Crippen LogP contribution is -2.41. The molecule has 1 rings (SSSR count). The smallest absolute Gasteiger partial charge is 0.192 e. The van der Waals surface area contributed by atoms with Gasteiger partial charge in [0.15, 0.2) is 8.32 Å². The Morgan fingerprint density at radius 1 is 1.44 bits per heavy atom. The maximum atomic E-state index is 9.84. The van der Waals surface area contributed by atoms with Gasteiger partial charge in [-0.1, -0.05) is 20.8 Å². The molecule has 1 aromatic rings. The van der Waals surface area contributed by atoms with Crippen molar-refractivity contribution in [3.05, 3.63) is 24.2 Å². The first kappa shape index (κ1) is 13.5. The fourth-order valence-electron chi connectivity index (χ4n) is 1.07. The lowest BCUT2D eigenvalue weighted by atomic mass is 10.2. The average molecular weight is 242 g/mol. The van der Waals surface area contributed by atoms with Crippen LogP contribution in [0.3, 0.4) is 0 Å². The first-order chi connectivity index (χ1) is 7.24. The predicted octanol–water partition coefficient (Wildman–Crippen LogP) is 3.33. The van der Waals surface area contributed by atoms with Gasteiger partial charge in [0.25, 0.3) is 0 Å². The first-order valence-corrected chi connectivity index (χ1v) is 8.50. The number of hydrogen-bond acceptors (Lipinski definition) is 3. The Morgan fingerprint density at radius 3 is 2.50 bits per heavy atom. The second kappa shape index (κ2) is 4.73. The molecule has 0 aliphatic carbocycles. The molecule has 1 atom stereocenters. The molecule has 92 valence electrons. The Kier molecular flexibility index (Phi) is 3.99. The van der Waals surface area contributed by atoms with Crippen molar-refractivity contribution >= 4 is 8.32 Å². The molecule has 0 saturated heterocycles. The van der Waals surface area contributed by atoms with Gasteiger partial charge in [-0.2, -0.15) is 0 Å². The molecule has 16 heavy (non-hydrogen) atoms. The summed E-state index contributed by atoms with van der Waals surface area (Å²) in [6.07, 6.45) is 0.898. The third-order valence-electron chi connectivity index (χ3n) is 3.28. The van der Waals surface area contributed by atoms with E-state index in [0.29, 0.717) is 12.4 Å². The molecule has 0 aliphatic rings. The summed E-state index contributed by atoms with van der Waals surface area (Å²) in [5.41, 5.74) is 0. The second-order valence-corrected chi connectivity index (χ2v) is 10.4. The maximum Gasteiger partial charge on any atom is 0.192 e. The van der Waals surface area contributed by atoms with Gasteiger partial charge in [-0.3, -0.25) is 0 Å². The van der Waals surface area contributed by atoms with Crippen LogP contribution in [0.1, 0.15) is 32.6 Å². The van der Waals surface area contributed by atoms with Crippen molar-refractivity contribution in [2.75, 3.05) is 6.61 Å². The van der Waals surface area contributed by atoms with E-state index < -0.39 is 14.4 Å². The van der Waals surface area contributed by atoms with Gasteiger partial charge >= 0.3 is 0 Å². The summed E-state index contributed by atoms with van der Waals surface area (Å²) >= 11 is 0. The fraction of sp³-hybridized carbons (Fsp3) is 0.667. The first-order valence-electron chi connectivity index (χ1n) is 5.59. The third kappa shape index (κ3) is 3.20. The summed E-state index contributed by atoms with van der Waals surface area (Å²) in [6.45, 7) is 11.2. The van der Waals surface area contributed by atoms with Crippen molar-refractivity contribution in [1.82, 2.24) is 0 Å². The largest absolute Gasteiger partial charge is 0.467 e. The minimum Gasteiger partial charge on any atom is -0.467 e. The summed E-state index contributed by atoms with van der Waals surface area (Å²) in [6, 6.07) is 3.53. The number of furan rings is 1. The zero-order valence-corrected chi connectivity index (χ0v) is 11.8. The number of rotatable bonds is 4. The van der Waals surface area contributed by atoms with E-state index in [2.05, 4.69) is 33.9 Å². The summed E-state index contributed by atoms with van der Waals surface area (Å²) < 4.78 is 11.0. The van der Waals surface area contributed by atoms with E-state index in [1.54, 1.807) is 18.4 Å². The SMILES string of the molecule is CC(C)(C)[Si](C)(C)OCC(O)c1ccco1. The van der Waals surface area contributed by atoms with E-state index in [4.69, 9.17) is 8.84 Å². The van der Waals surface area contributed by atoms with Crippen molar-refractivity contribution in [2.45, 2.75) is 45.0 Å². The van der Waals surface area contributed by atoms with Crippen LogP contribution >= 0.6 is 0 Å². The van der Waals surface area contributed by atoms with Gasteiger partial charge in [-0.15, -0.1) is 0 Å². The number of hydrogen-bond donors (Lipinski definition) is 1. The summed E-state index contributed by atoms with van der Waals surface area (Å²) in [5, 5.41) is 10.0. The highest BCUT2D eigenvalue weighted by molar-refractivity contribution is 6.74. The minimum absolute atomic E-state index is 0.163. The molecule has 0 amide bonds. The van der Waals surface area contributed by atoms with Crippen molar-refractivity contribution < 1.29 is 13.9 Å². The molecular weight excluding hydrogens is 220 g/mol. The van der Waals surface area contributed by atoms with Gasteiger partial charge in [-0.05, 0) is 30.3 Å². The van der Waals surface area contributed by atoms with Crippen molar-refractivity contribution in [1.29, 1.82) is 0 Å². The van der Waals surface area contributed by atoms with Crippen molar-refractivity contribution in [3.63, 3.8) is 0 Å². The molecule has 0 spiro atoms. The van der Waals surface area contributed by atoms with E-state index in [1.165, 1.54) is 0 Å². The zero-order valence-electron chi connectivity index (χ0n) is 10.8. The monoisotopic (exact) mass is 242 g/mol. The summed E-state index contributed by atoms with van der Waals surface area (Å²) in [5.74, 6) is 0.568. The molecule has 1 N–H and O–H groups in total. The predicted molar refractivity (Wildman–Crippen MR) is 66.8 cm³/mol. The summed E-state index contributed by atoms with van der Waals surface area (Å²) in [4.78, 5) is 0. The van der Waals surface area contributed by atoms with Gasteiger partial charge in [0.1, 0.15) is 11.9 Å². The minimum atomic E-state index is -1.78. The second-order valence-electron chi connectivity index (χ2n) is 5.60. The third-order valence-corrected chi connectivity index (χ3v) is 7.78. The van der Waals surface area contributed by atoms with Crippen molar-refractivity contribution in [3.8, 4) is 0 Å². The molecule has 3 nitrogen and oxygen atoms in total.